The Hall–Kier alpha value is -1.75. The van der Waals surface area contributed by atoms with Crippen LogP contribution in [-0.2, 0) is 0 Å². The van der Waals surface area contributed by atoms with E-state index in [4.69, 9.17) is 9.84 Å². The van der Waals surface area contributed by atoms with E-state index in [0.717, 1.165) is 17.9 Å². The Bertz CT molecular complexity index is 486. The van der Waals surface area contributed by atoms with Crippen molar-refractivity contribution in [3.05, 3.63) is 29.8 Å². The number of hydrogen-bond donors (Lipinski definition) is 3. The van der Waals surface area contributed by atoms with Gasteiger partial charge in [-0.05, 0) is 42.9 Å². The minimum atomic E-state index is -1.04. The molecule has 1 amide bonds. The molecule has 1 unspecified atom stereocenters. The number of hydrogen-bond acceptors (Lipinski definition) is 3. The number of ether oxygens (including phenoxy) is 1. The summed E-state index contributed by atoms with van der Waals surface area (Å²) in [6.07, 6.45) is 5.98. The molecule has 0 aromatic heterocycles. The summed E-state index contributed by atoms with van der Waals surface area (Å²) in [7, 11) is 0. The van der Waals surface area contributed by atoms with Crippen molar-refractivity contribution in [2.75, 3.05) is 19.8 Å². The molecule has 23 heavy (non-hydrogen) atoms. The van der Waals surface area contributed by atoms with Gasteiger partial charge in [0.1, 0.15) is 5.75 Å². The summed E-state index contributed by atoms with van der Waals surface area (Å²) < 4.78 is 5.93. The van der Waals surface area contributed by atoms with Gasteiger partial charge in [0.15, 0.2) is 0 Å². The lowest BCUT2D eigenvalue weighted by Gasteiger charge is -2.22. The zero-order valence-corrected chi connectivity index (χ0v) is 13.5. The van der Waals surface area contributed by atoms with Gasteiger partial charge in [-0.25, -0.2) is 4.79 Å². The van der Waals surface area contributed by atoms with Gasteiger partial charge in [0, 0.05) is 19.1 Å². The van der Waals surface area contributed by atoms with Gasteiger partial charge in [0.05, 0.1) is 6.61 Å². The summed E-state index contributed by atoms with van der Waals surface area (Å²) in [6, 6.07) is 7.79. The molecule has 0 bridgehead atoms. The van der Waals surface area contributed by atoms with Gasteiger partial charge in [-0.15, -0.1) is 0 Å². The second kappa shape index (κ2) is 9.40. The zero-order chi connectivity index (χ0) is 16.5. The van der Waals surface area contributed by atoms with Crippen molar-refractivity contribution in [3.8, 4) is 5.75 Å². The third kappa shape index (κ3) is 6.10. The lowest BCUT2D eigenvalue weighted by molar-refractivity contribution is 0.192. The Morgan fingerprint density at radius 1 is 1.30 bits per heavy atom. The largest absolute Gasteiger partial charge is 0.493 e. The van der Waals surface area contributed by atoms with E-state index < -0.39 is 6.09 Å². The molecule has 1 aromatic carbocycles. The van der Waals surface area contributed by atoms with E-state index >= 15 is 0 Å². The van der Waals surface area contributed by atoms with Gasteiger partial charge >= 0.3 is 6.09 Å². The first-order chi connectivity index (χ1) is 11.2. The molecule has 1 aromatic rings. The van der Waals surface area contributed by atoms with Gasteiger partial charge in [-0.3, -0.25) is 0 Å². The minimum absolute atomic E-state index is 0.00657. The van der Waals surface area contributed by atoms with E-state index in [-0.39, 0.29) is 12.5 Å². The third-order valence-electron chi connectivity index (χ3n) is 4.53. The first-order valence-corrected chi connectivity index (χ1v) is 8.49. The van der Waals surface area contributed by atoms with Gasteiger partial charge in [-0.1, -0.05) is 31.4 Å². The third-order valence-corrected chi connectivity index (χ3v) is 4.53. The fourth-order valence-corrected chi connectivity index (χ4v) is 3.14. The van der Waals surface area contributed by atoms with Crippen LogP contribution in [0.4, 0.5) is 4.79 Å². The Morgan fingerprint density at radius 2 is 2.09 bits per heavy atom. The number of nitrogens with one attached hydrogen (secondary N) is 1. The van der Waals surface area contributed by atoms with Gasteiger partial charge in [0.25, 0.3) is 0 Å². The maximum absolute atomic E-state index is 10.5. The van der Waals surface area contributed by atoms with Crippen molar-refractivity contribution in [1.29, 1.82) is 0 Å². The molecule has 1 fully saturated rings. The molecule has 1 aliphatic carbocycles. The van der Waals surface area contributed by atoms with Crippen molar-refractivity contribution in [2.24, 2.45) is 5.92 Å². The summed E-state index contributed by atoms with van der Waals surface area (Å²) in [4.78, 5) is 10.5. The minimum Gasteiger partial charge on any atom is -0.493 e. The monoisotopic (exact) mass is 321 g/mol. The summed E-state index contributed by atoms with van der Waals surface area (Å²) in [5, 5.41) is 20.5. The topological polar surface area (TPSA) is 78.8 Å². The highest BCUT2D eigenvalue weighted by molar-refractivity contribution is 5.64. The summed E-state index contributed by atoms with van der Waals surface area (Å²) in [5.74, 6) is 1.40. The van der Waals surface area contributed by atoms with Gasteiger partial charge < -0.3 is 20.3 Å². The fourth-order valence-electron chi connectivity index (χ4n) is 3.14. The first-order valence-electron chi connectivity index (χ1n) is 8.49. The van der Waals surface area contributed by atoms with Crippen LogP contribution in [0.25, 0.3) is 0 Å². The Balaban J connectivity index is 1.87. The number of carboxylic acid groups (broad SMARTS) is 1. The molecule has 1 aliphatic rings. The van der Waals surface area contributed by atoms with Crippen molar-refractivity contribution in [3.63, 3.8) is 0 Å². The van der Waals surface area contributed by atoms with E-state index in [1.54, 1.807) is 0 Å². The normalized spacial score (nSPS) is 16.7. The molecular weight excluding hydrogens is 294 g/mol. The van der Waals surface area contributed by atoms with Crippen LogP contribution in [0.5, 0.6) is 5.75 Å². The average Bonchev–Trinajstić information content (AvgIpc) is 2.58. The molecule has 0 aliphatic heterocycles. The number of rotatable bonds is 8. The van der Waals surface area contributed by atoms with E-state index in [1.165, 1.54) is 32.1 Å². The molecule has 2 rings (SSSR count). The molecule has 5 nitrogen and oxygen atoms in total. The van der Waals surface area contributed by atoms with Crippen LogP contribution in [0.3, 0.4) is 0 Å². The lowest BCUT2D eigenvalue weighted by atomic mass is 9.90. The van der Waals surface area contributed by atoms with Gasteiger partial charge in [-0.2, -0.15) is 0 Å². The van der Waals surface area contributed by atoms with Crippen molar-refractivity contribution in [2.45, 2.75) is 44.4 Å². The maximum atomic E-state index is 10.5. The van der Waals surface area contributed by atoms with Crippen molar-refractivity contribution in [1.82, 2.24) is 5.32 Å². The number of aliphatic hydroxyl groups excluding tert-OH is 1. The second-order valence-corrected chi connectivity index (χ2v) is 6.29. The molecule has 5 heteroatoms. The highest BCUT2D eigenvalue weighted by Gasteiger charge is 2.15. The lowest BCUT2D eigenvalue weighted by Crippen LogP contribution is -2.24. The number of amides is 1. The van der Waals surface area contributed by atoms with Crippen molar-refractivity contribution >= 4 is 6.09 Å². The highest BCUT2D eigenvalue weighted by atomic mass is 16.5. The first kappa shape index (κ1) is 17.6. The van der Waals surface area contributed by atoms with Crippen molar-refractivity contribution < 1.29 is 19.7 Å². The van der Waals surface area contributed by atoms with Gasteiger partial charge in [0.2, 0.25) is 0 Å². The number of benzene rings is 1. The Labute approximate surface area is 137 Å². The SMILES string of the molecule is O=C(O)NCCC(CO)c1cccc(OCC2CCCCC2)c1. The molecule has 0 radical (unpaired) electrons. The molecule has 0 saturated heterocycles. The van der Waals surface area contributed by atoms with Crippen LogP contribution in [-0.4, -0.2) is 36.1 Å². The molecule has 3 N–H and O–H groups in total. The average molecular weight is 321 g/mol. The predicted octanol–water partition coefficient (Wildman–Crippen LogP) is 3.38. The van der Waals surface area contributed by atoms with E-state index in [1.807, 2.05) is 24.3 Å². The maximum Gasteiger partial charge on any atom is 0.404 e. The summed E-state index contributed by atoms with van der Waals surface area (Å²) in [5.41, 5.74) is 0.987. The van der Waals surface area contributed by atoms with E-state index in [2.05, 4.69) is 5.32 Å². The smallest absolute Gasteiger partial charge is 0.404 e. The van der Waals surface area contributed by atoms with Crippen LogP contribution in [0.15, 0.2) is 24.3 Å². The van der Waals surface area contributed by atoms with Crippen LogP contribution < -0.4 is 10.1 Å². The highest BCUT2D eigenvalue weighted by Crippen LogP contribution is 2.26. The van der Waals surface area contributed by atoms with E-state index in [9.17, 15) is 9.90 Å². The number of aliphatic hydroxyl groups is 1. The van der Waals surface area contributed by atoms with Crippen LogP contribution in [0, 0.1) is 5.92 Å². The predicted molar refractivity (Wildman–Crippen MR) is 89.0 cm³/mol. The zero-order valence-electron chi connectivity index (χ0n) is 13.5. The number of carbonyl (C=O) groups is 1. The fraction of sp³-hybridized carbons (Fsp3) is 0.611. The summed E-state index contributed by atoms with van der Waals surface area (Å²) >= 11 is 0. The van der Waals surface area contributed by atoms with Crippen LogP contribution in [0.1, 0.15) is 50.0 Å². The standard InChI is InChI=1S/C18H27NO4/c20-12-16(9-10-19-18(21)22)15-7-4-8-17(11-15)23-13-14-5-2-1-3-6-14/h4,7-8,11,14,16,19-20H,1-3,5-6,9-10,12-13H2,(H,21,22). The Kier molecular flexibility index (Phi) is 7.20. The van der Waals surface area contributed by atoms with Crippen LogP contribution in [0.2, 0.25) is 0 Å². The molecule has 0 spiro atoms. The Morgan fingerprint density at radius 3 is 2.78 bits per heavy atom. The quantitative estimate of drug-likeness (QED) is 0.686. The molecule has 128 valence electrons. The molecule has 0 heterocycles. The second-order valence-electron chi connectivity index (χ2n) is 6.29. The molecule has 1 atom stereocenters. The summed E-state index contributed by atoms with van der Waals surface area (Å²) in [6.45, 7) is 1.08. The van der Waals surface area contributed by atoms with Crippen LogP contribution >= 0.6 is 0 Å². The molecular formula is C18H27NO4. The van der Waals surface area contributed by atoms with E-state index in [0.29, 0.717) is 18.9 Å². The molecule has 1 saturated carbocycles.